The lowest BCUT2D eigenvalue weighted by Gasteiger charge is -2.30. The van der Waals surface area contributed by atoms with Gasteiger partial charge in [0.25, 0.3) is 0 Å². The van der Waals surface area contributed by atoms with Crippen LogP contribution in [0, 0.1) is 5.92 Å². The SMILES string of the molecule is O=C1N=C2CCCCC2C(SCC(=O)N2CCCc3ccccc32)=N1. The number of hydrogen-bond acceptors (Lipinski definition) is 3. The first-order chi connectivity index (χ1) is 12.2. The van der Waals surface area contributed by atoms with Crippen LogP contribution in [0.15, 0.2) is 34.3 Å². The molecule has 130 valence electrons. The lowest BCUT2D eigenvalue weighted by Crippen LogP contribution is -2.37. The van der Waals surface area contributed by atoms with E-state index < -0.39 is 6.03 Å². The first-order valence-electron chi connectivity index (χ1n) is 8.93. The minimum Gasteiger partial charge on any atom is -0.311 e. The van der Waals surface area contributed by atoms with Crippen molar-refractivity contribution < 1.29 is 9.59 Å². The molecule has 4 rings (SSSR count). The topological polar surface area (TPSA) is 62.1 Å². The zero-order valence-electron chi connectivity index (χ0n) is 14.1. The number of para-hydroxylation sites is 1. The van der Waals surface area contributed by atoms with Gasteiger partial charge >= 0.3 is 6.03 Å². The van der Waals surface area contributed by atoms with Gasteiger partial charge in [-0.1, -0.05) is 36.4 Å². The van der Waals surface area contributed by atoms with Crippen LogP contribution in [0.4, 0.5) is 10.5 Å². The smallest absolute Gasteiger partial charge is 0.311 e. The highest BCUT2D eigenvalue weighted by atomic mass is 32.2. The number of aliphatic imine (C=N–C) groups is 2. The summed E-state index contributed by atoms with van der Waals surface area (Å²) in [7, 11) is 0. The Bertz CT molecular complexity index is 772. The van der Waals surface area contributed by atoms with E-state index in [4.69, 9.17) is 0 Å². The fourth-order valence-electron chi connectivity index (χ4n) is 3.85. The maximum Gasteiger partial charge on any atom is 0.367 e. The number of thioether (sulfide) groups is 1. The van der Waals surface area contributed by atoms with Crippen LogP contribution in [-0.4, -0.2) is 35.0 Å². The molecule has 1 aliphatic carbocycles. The molecule has 2 heterocycles. The second kappa shape index (κ2) is 7.12. The van der Waals surface area contributed by atoms with Gasteiger partial charge in [0, 0.05) is 23.9 Å². The zero-order chi connectivity index (χ0) is 17.2. The summed E-state index contributed by atoms with van der Waals surface area (Å²) in [6.45, 7) is 0.762. The molecule has 0 aromatic heterocycles. The van der Waals surface area contributed by atoms with Crippen LogP contribution in [0.25, 0.3) is 0 Å². The molecule has 1 aromatic carbocycles. The maximum atomic E-state index is 12.8. The standard InChI is InChI=1S/C19H21N3O2S/c23-17(22-11-5-7-13-6-1-4-10-16(13)22)12-25-18-14-8-2-3-9-15(14)20-19(24)21-18/h1,4,6,10,14H,2-3,5,7-9,11-12H2. The van der Waals surface area contributed by atoms with Gasteiger partial charge in [0.15, 0.2) is 0 Å². The van der Waals surface area contributed by atoms with Crippen LogP contribution >= 0.6 is 11.8 Å². The summed E-state index contributed by atoms with van der Waals surface area (Å²) in [5, 5.41) is 0.786. The van der Waals surface area contributed by atoms with Crippen molar-refractivity contribution in [3.05, 3.63) is 29.8 Å². The van der Waals surface area contributed by atoms with E-state index in [-0.39, 0.29) is 11.8 Å². The molecule has 1 saturated carbocycles. The number of aryl methyl sites for hydroxylation is 1. The van der Waals surface area contributed by atoms with Crippen LogP contribution in [0.2, 0.25) is 0 Å². The second-order valence-electron chi connectivity index (χ2n) is 6.70. The van der Waals surface area contributed by atoms with Crippen LogP contribution in [0.5, 0.6) is 0 Å². The predicted molar refractivity (Wildman–Crippen MR) is 102 cm³/mol. The molecule has 0 N–H and O–H groups in total. The Balaban J connectivity index is 1.45. The maximum absolute atomic E-state index is 12.8. The fourth-order valence-corrected chi connectivity index (χ4v) is 4.88. The quantitative estimate of drug-likeness (QED) is 0.809. The second-order valence-corrected chi connectivity index (χ2v) is 7.70. The van der Waals surface area contributed by atoms with Gasteiger partial charge in [-0.05, 0) is 43.7 Å². The van der Waals surface area contributed by atoms with Crippen molar-refractivity contribution in [2.45, 2.75) is 38.5 Å². The summed E-state index contributed by atoms with van der Waals surface area (Å²) in [4.78, 5) is 34.6. The highest BCUT2D eigenvalue weighted by molar-refractivity contribution is 8.14. The van der Waals surface area contributed by atoms with Gasteiger partial charge < -0.3 is 4.90 Å². The molecule has 0 bridgehead atoms. The Morgan fingerprint density at radius 3 is 2.96 bits per heavy atom. The molecule has 0 spiro atoms. The predicted octanol–water partition coefficient (Wildman–Crippen LogP) is 3.86. The van der Waals surface area contributed by atoms with Crippen molar-refractivity contribution >= 4 is 40.1 Å². The number of amides is 3. The number of carbonyl (C=O) groups excluding carboxylic acids is 2. The van der Waals surface area contributed by atoms with Crippen molar-refractivity contribution in [3.8, 4) is 0 Å². The molecule has 1 unspecified atom stereocenters. The fraction of sp³-hybridized carbons (Fsp3) is 0.474. The van der Waals surface area contributed by atoms with E-state index in [9.17, 15) is 9.59 Å². The molecule has 25 heavy (non-hydrogen) atoms. The van der Waals surface area contributed by atoms with E-state index >= 15 is 0 Å². The van der Waals surface area contributed by atoms with Crippen molar-refractivity contribution in [3.63, 3.8) is 0 Å². The van der Waals surface area contributed by atoms with E-state index in [0.717, 1.165) is 61.5 Å². The molecule has 3 aliphatic rings. The van der Waals surface area contributed by atoms with Gasteiger partial charge in [0.2, 0.25) is 5.91 Å². The van der Waals surface area contributed by atoms with Crippen LogP contribution < -0.4 is 4.90 Å². The summed E-state index contributed by atoms with van der Waals surface area (Å²) in [6, 6.07) is 7.70. The molecule has 2 aliphatic heterocycles. The summed E-state index contributed by atoms with van der Waals surface area (Å²) in [5.74, 6) is 0.564. The van der Waals surface area contributed by atoms with E-state index in [1.807, 2.05) is 23.1 Å². The lowest BCUT2D eigenvalue weighted by molar-refractivity contribution is -0.116. The number of urea groups is 1. The van der Waals surface area contributed by atoms with E-state index in [2.05, 4.69) is 16.1 Å². The molecule has 1 aromatic rings. The third kappa shape index (κ3) is 3.40. The van der Waals surface area contributed by atoms with Crippen molar-refractivity contribution in [2.24, 2.45) is 15.9 Å². The first-order valence-corrected chi connectivity index (χ1v) is 9.92. The summed E-state index contributed by atoms with van der Waals surface area (Å²) in [5.41, 5.74) is 3.23. The van der Waals surface area contributed by atoms with E-state index in [1.54, 1.807) is 0 Å². The molecular weight excluding hydrogens is 334 g/mol. The molecule has 1 atom stereocenters. The van der Waals surface area contributed by atoms with Crippen LogP contribution in [0.1, 0.15) is 37.7 Å². The third-order valence-electron chi connectivity index (χ3n) is 5.08. The Hall–Kier alpha value is -1.95. The van der Waals surface area contributed by atoms with E-state index in [1.165, 1.54) is 17.3 Å². The van der Waals surface area contributed by atoms with Crippen LogP contribution in [0.3, 0.4) is 0 Å². The van der Waals surface area contributed by atoms with Gasteiger partial charge in [-0.2, -0.15) is 4.99 Å². The van der Waals surface area contributed by atoms with Gasteiger partial charge in [-0.3, -0.25) is 4.79 Å². The molecule has 1 fully saturated rings. The Labute approximate surface area is 151 Å². The molecule has 5 nitrogen and oxygen atoms in total. The summed E-state index contributed by atoms with van der Waals surface area (Å²) < 4.78 is 0. The molecule has 3 amide bonds. The lowest BCUT2D eigenvalue weighted by atomic mass is 9.87. The summed E-state index contributed by atoms with van der Waals surface area (Å²) >= 11 is 1.42. The highest BCUT2D eigenvalue weighted by Crippen LogP contribution is 2.32. The Kier molecular flexibility index (Phi) is 4.70. The van der Waals surface area contributed by atoms with Gasteiger partial charge in [-0.15, -0.1) is 0 Å². The molecular formula is C19H21N3O2S. The number of benzene rings is 1. The normalized spacial score (nSPS) is 22.6. The number of anilines is 1. The largest absolute Gasteiger partial charge is 0.367 e. The molecule has 6 heteroatoms. The number of fused-ring (bicyclic) bond motifs is 2. The Morgan fingerprint density at radius 2 is 2.04 bits per heavy atom. The van der Waals surface area contributed by atoms with E-state index in [0.29, 0.717) is 5.75 Å². The average molecular weight is 355 g/mol. The minimum atomic E-state index is -0.411. The first kappa shape index (κ1) is 16.5. The number of carbonyl (C=O) groups is 2. The highest BCUT2D eigenvalue weighted by Gasteiger charge is 2.31. The van der Waals surface area contributed by atoms with Crippen molar-refractivity contribution in [2.75, 3.05) is 17.2 Å². The minimum absolute atomic E-state index is 0.0900. The Morgan fingerprint density at radius 1 is 1.16 bits per heavy atom. The zero-order valence-corrected chi connectivity index (χ0v) is 14.9. The van der Waals surface area contributed by atoms with Gasteiger partial charge in [0.05, 0.1) is 10.8 Å². The van der Waals surface area contributed by atoms with Crippen LogP contribution in [-0.2, 0) is 11.2 Å². The van der Waals surface area contributed by atoms with Gasteiger partial charge in [0.1, 0.15) is 0 Å². The number of rotatable bonds is 2. The molecule has 0 saturated heterocycles. The van der Waals surface area contributed by atoms with Crippen molar-refractivity contribution in [1.29, 1.82) is 0 Å². The summed E-state index contributed by atoms with van der Waals surface area (Å²) in [6.07, 6.45) is 6.10. The average Bonchev–Trinajstić information content (AvgIpc) is 2.65. The third-order valence-corrected chi connectivity index (χ3v) is 6.14. The van der Waals surface area contributed by atoms with Gasteiger partial charge in [-0.25, -0.2) is 9.79 Å². The number of nitrogens with zero attached hydrogens (tertiary/aromatic N) is 3. The molecule has 0 radical (unpaired) electrons. The van der Waals surface area contributed by atoms with Crippen molar-refractivity contribution in [1.82, 2.24) is 0 Å². The monoisotopic (exact) mass is 355 g/mol. The number of hydrogen-bond donors (Lipinski definition) is 0.